The minimum absolute atomic E-state index is 0.229. The van der Waals surface area contributed by atoms with Crippen molar-refractivity contribution in [3.05, 3.63) is 64.3 Å². The van der Waals surface area contributed by atoms with Gasteiger partial charge in [-0.2, -0.15) is 4.98 Å². The van der Waals surface area contributed by atoms with E-state index in [0.717, 1.165) is 33.7 Å². The van der Waals surface area contributed by atoms with Crippen LogP contribution in [0.5, 0.6) is 5.75 Å². The standard InChI is InChI=1S/C22H20ClN3OS/c1-4-17-18(14-7-5-13(2)6-8-14)19-20(24-22(23)25-21(19)28-17)26(3)15-9-11-16(27)12-10-15/h5-12,27H,4H2,1-3H3. The number of benzene rings is 2. The molecule has 0 atom stereocenters. The molecule has 0 unspecified atom stereocenters. The molecule has 1 N–H and O–H groups in total. The van der Waals surface area contributed by atoms with Gasteiger partial charge in [-0.1, -0.05) is 36.8 Å². The second-order valence-electron chi connectivity index (χ2n) is 6.69. The van der Waals surface area contributed by atoms with E-state index in [1.54, 1.807) is 23.5 Å². The number of hydrogen-bond donors (Lipinski definition) is 1. The lowest BCUT2D eigenvalue weighted by molar-refractivity contribution is 0.475. The second-order valence-corrected chi connectivity index (χ2v) is 8.11. The predicted octanol–water partition coefficient (Wildman–Crippen LogP) is 6.36. The zero-order valence-electron chi connectivity index (χ0n) is 15.9. The van der Waals surface area contributed by atoms with Crippen LogP contribution in [0, 0.1) is 6.92 Å². The average Bonchev–Trinajstić information content (AvgIpc) is 3.06. The Morgan fingerprint density at radius 2 is 1.71 bits per heavy atom. The Kier molecular flexibility index (Phi) is 4.96. The Morgan fingerprint density at radius 1 is 1.04 bits per heavy atom. The van der Waals surface area contributed by atoms with E-state index in [4.69, 9.17) is 11.6 Å². The largest absolute Gasteiger partial charge is 0.508 e. The Morgan fingerprint density at radius 3 is 2.36 bits per heavy atom. The molecule has 0 aliphatic heterocycles. The van der Waals surface area contributed by atoms with Crippen LogP contribution in [-0.4, -0.2) is 22.1 Å². The minimum atomic E-state index is 0.229. The van der Waals surface area contributed by atoms with Crippen molar-refractivity contribution in [2.24, 2.45) is 0 Å². The number of aromatic nitrogens is 2. The number of rotatable bonds is 4. The topological polar surface area (TPSA) is 49.2 Å². The molecule has 4 aromatic rings. The van der Waals surface area contributed by atoms with E-state index in [-0.39, 0.29) is 11.0 Å². The summed E-state index contributed by atoms with van der Waals surface area (Å²) >= 11 is 7.93. The van der Waals surface area contributed by atoms with Crippen molar-refractivity contribution in [3.63, 3.8) is 0 Å². The van der Waals surface area contributed by atoms with Crippen molar-refractivity contribution in [2.75, 3.05) is 11.9 Å². The molecule has 4 nitrogen and oxygen atoms in total. The van der Waals surface area contributed by atoms with Gasteiger partial charge in [0.2, 0.25) is 5.28 Å². The Bertz CT molecular complexity index is 1140. The van der Waals surface area contributed by atoms with Crippen molar-refractivity contribution in [1.82, 2.24) is 9.97 Å². The van der Waals surface area contributed by atoms with Gasteiger partial charge in [0.1, 0.15) is 16.4 Å². The lowest BCUT2D eigenvalue weighted by atomic mass is 10.0. The van der Waals surface area contributed by atoms with Gasteiger partial charge in [0.15, 0.2) is 0 Å². The van der Waals surface area contributed by atoms with Crippen LogP contribution in [0.3, 0.4) is 0 Å². The highest BCUT2D eigenvalue weighted by Crippen LogP contribution is 2.44. The maximum absolute atomic E-state index is 9.61. The van der Waals surface area contributed by atoms with Gasteiger partial charge in [-0.05, 0) is 54.8 Å². The first-order valence-electron chi connectivity index (χ1n) is 9.06. The van der Waals surface area contributed by atoms with Gasteiger partial charge in [-0.25, -0.2) is 4.98 Å². The molecule has 28 heavy (non-hydrogen) atoms. The molecule has 4 rings (SSSR count). The fourth-order valence-electron chi connectivity index (χ4n) is 3.32. The Labute approximate surface area is 173 Å². The Balaban J connectivity index is 1.99. The number of nitrogens with zero attached hydrogens (tertiary/aromatic N) is 3. The highest BCUT2D eigenvalue weighted by atomic mass is 35.5. The zero-order chi connectivity index (χ0) is 19.8. The summed E-state index contributed by atoms with van der Waals surface area (Å²) in [5, 5.41) is 10.8. The number of anilines is 2. The minimum Gasteiger partial charge on any atom is -0.508 e. The van der Waals surface area contributed by atoms with Crippen LogP contribution in [0.15, 0.2) is 48.5 Å². The zero-order valence-corrected chi connectivity index (χ0v) is 17.5. The summed E-state index contributed by atoms with van der Waals surface area (Å²) in [6.45, 7) is 4.24. The van der Waals surface area contributed by atoms with E-state index >= 15 is 0 Å². The van der Waals surface area contributed by atoms with Crippen molar-refractivity contribution < 1.29 is 5.11 Å². The van der Waals surface area contributed by atoms with Crippen LogP contribution in [0.25, 0.3) is 21.3 Å². The smallest absolute Gasteiger partial charge is 0.225 e. The molecule has 0 bridgehead atoms. The molecule has 0 aliphatic rings. The molecular weight excluding hydrogens is 390 g/mol. The van der Waals surface area contributed by atoms with Crippen LogP contribution in [0.2, 0.25) is 5.28 Å². The lowest BCUT2D eigenvalue weighted by Crippen LogP contribution is -2.12. The van der Waals surface area contributed by atoms with Crippen LogP contribution >= 0.6 is 22.9 Å². The number of hydrogen-bond acceptors (Lipinski definition) is 5. The number of phenolic OH excluding ortho intramolecular Hbond substituents is 1. The maximum Gasteiger partial charge on any atom is 0.225 e. The predicted molar refractivity (Wildman–Crippen MR) is 118 cm³/mol. The third-order valence-electron chi connectivity index (χ3n) is 4.79. The third-order valence-corrected chi connectivity index (χ3v) is 6.19. The molecule has 2 aromatic carbocycles. The fraction of sp³-hybridized carbons (Fsp3) is 0.182. The van der Waals surface area contributed by atoms with E-state index < -0.39 is 0 Å². The van der Waals surface area contributed by atoms with Crippen LogP contribution in [0.4, 0.5) is 11.5 Å². The molecule has 142 valence electrons. The molecule has 0 saturated carbocycles. The highest BCUT2D eigenvalue weighted by Gasteiger charge is 2.22. The first kappa shape index (κ1) is 18.7. The van der Waals surface area contributed by atoms with Crippen LogP contribution in [-0.2, 0) is 6.42 Å². The number of halogens is 1. The summed E-state index contributed by atoms with van der Waals surface area (Å²) in [7, 11) is 1.95. The summed E-state index contributed by atoms with van der Waals surface area (Å²) < 4.78 is 0. The Hall–Kier alpha value is -2.63. The number of aromatic hydroxyl groups is 1. The molecule has 0 spiro atoms. The number of fused-ring (bicyclic) bond motifs is 1. The number of phenols is 1. The van der Waals surface area contributed by atoms with Gasteiger partial charge in [0, 0.05) is 23.2 Å². The summed E-state index contributed by atoms with van der Waals surface area (Å²) in [4.78, 5) is 13.2. The average molecular weight is 410 g/mol. The van der Waals surface area contributed by atoms with E-state index in [1.807, 2.05) is 24.1 Å². The second kappa shape index (κ2) is 7.41. The summed E-state index contributed by atoms with van der Waals surface area (Å²) in [5.41, 5.74) is 4.45. The highest BCUT2D eigenvalue weighted by molar-refractivity contribution is 7.19. The summed E-state index contributed by atoms with van der Waals surface area (Å²) in [6, 6.07) is 15.6. The molecule has 2 heterocycles. The molecule has 0 radical (unpaired) electrons. The molecule has 0 saturated heterocycles. The van der Waals surface area contributed by atoms with Gasteiger partial charge in [0.25, 0.3) is 0 Å². The van der Waals surface area contributed by atoms with Crippen LogP contribution in [0.1, 0.15) is 17.4 Å². The van der Waals surface area contributed by atoms with Crippen molar-refractivity contribution in [1.29, 1.82) is 0 Å². The van der Waals surface area contributed by atoms with Gasteiger partial charge in [0.05, 0.1) is 5.39 Å². The third kappa shape index (κ3) is 3.32. The van der Waals surface area contributed by atoms with E-state index in [9.17, 15) is 5.11 Å². The molecule has 2 aromatic heterocycles. The molecule has 6 heteroatoms. The maximum atomic E-state index is 9.61. The van der Waals surface area contributed by atoms with Gasteiger partial charge in [-0.15, -0.1) is 11.3 Å². The first-order chi connectivity index (χ1) is 13.5. The normalized spacial score (nSPS) is 11.1. The van der Waals surface area contributed by atoms with E-state index in [2.05, 4.69) is 48.1 Å². The van der Waals surface area contributed by atoms with E-state index in [1.165, 1.54) is 16.0 Å². The summed E-state index contributed by atoms with van der Waals surface area (Å²) in [6.07, 6.45) is 0.907. The SMILES string of the molecule is CCc1sc2nc(Cl)nc(N(C)c3ccc(O)cc3)c2c1-c1ccc(C)cc1. The quantitative estimate of drug-likeness (QED) is 0.398. The van der Waals surface area contributed by atoms with Crippen molar-refractivity contribution in [2.45, 2.75) is 20.3 Å². The molecular formula is C22H20ClN3OS. The van der Waals surface area contributed by atoms with Gasteiger partial charge < -0.3 is 10.0 Å². The van der Waals surface area contributed by atoms with Gasteiger partial charge >= 0.3 is 0 Å². The number of aryl methyl sites for hydroxylation is 2. The van der Waals surface area contributed by atoms with Gasteiger partial charge in [-0.3, -0.25) is 0 Å². The molecule has 0 aliphatic carbocycles. The van der Waals surface area contributed by atoms with E-state index in [0.29, 0.717) is 0 Å². The fourth-order valence-corrected chi connectivity index (χ4v) is 4.66. The van der Waals surface area contributed by atoms with Crippen molar-refractivity contribution >= 4 is 44.7 Å². The summed E-state index contributed by atoms with van der Waals surface area (Å²) in [5.74, 6) is 0.986. The lowest BCUT2D eigenvalue weighted by Gasteiger charge is -2.20. The van der Waals surface area contributed by atoms with Crippen molar-refractivity contribution in [3.8, 4) is 16.9 Å². The van der Waals surface area contributed by atoms with Crippen LogP contribution < -0.4 is 4.90 Å². The first-order valence-corrected chi connectivity index (χ1v) is 10.3. The number of thiophene rings is 1. The molecule has 0 amide bonds. The molecule has 0 fully saturated rings. The monoisotopic (exact) mass is 409 g/mol.